The number of nitrogens with zero attached hydrogens (tertiary/aromatic N) is 7. The van der Waals surface area contributed by atoms with E-state index in [0.717, 1.165) is 12.1 Å². The Labute approximate surface area is 217 Å². The van der Waals surface area contributed by atoms with Crippen LogP contribution in [0.1, 0.15) is 11.1 Å². The molecule has 5 aromatic rings. The number of aryl methyl sites for hydroxylation is 1. The SMILES string of the molecule is Cn1c(Nc2cc(CN3CC(F)C3)cc(C(F)(F)F)c2)nc2ncc(Oc3cnn4ccncc34)c(Cl)c21. The highest BCUT2D eigenvalue weighted by molar-refractivity contribution is 6.36. The molecule has 1 fully saturated rings. The molecular formula is C24H19ClF4N8O. The molecule has 9 nitrogen and oxygen atoms in total. The molecule has 0 atom stereocenters. The molecule has 0 amide bonds. The van der Waals surface area contributed by atoms with Gasteiger partial charge in [-0.25, -0.2) is 13.9 Å². The van der Waals surface area contributed by atoms with Crippen LogP contribution in [-0.4, -0.2) is 53.3 Å². The van der Waals surface area contributed by atoms with Crippen molar-refractivity contribution >= 4 is 39.9 Å². The molecule has 5 heterocycles. The summed E-state index contributed by atoms with van der Waals surface area (Å²) in [5.41, 5.74) is 1.08. The second-order valence-electron chi connectivity index (χ2n) is 8.95. The van der Waals surface area contributed by atoms with Gasteiger partial charge in [0.1, 0.15) is 22.2 Å². The summed E-state index contributed by atoms with van der Waals surface area (Å²) >= 11 is 6.65. The highest BCUT2D eigenvalue weighted by atomic mass is 35.5. The maximum absolute atomic E-state index is 13.6. The predicted molar refractivity (Wildman–Crippen MR) is 131 cm³/mol. The Morgan fingerprint density at radius 2 is 1.95 bits per heavy atom. The van der Waals surface area contributed by atoms with Gasteiger partial charge in [0.2, 0.25) is 5.95 Å². The smallest absolute Gasteiger partial charge is 0.416 e. The second-order valence-corrected chi connectivity index (χ2v) is 9.33. The van der Waals surface area contributed by atoms with Crippen molar-refractivity contribution in [1.29, 1.82) is 0 Å². The zero-order chi connectivity index (χ0) is 26.6. The van der Waals surface area contributed by atoms with Gasteiger partial charge in [-0.3, -0.25) is 9.88 Å². The summed E-state index contributed by atoms with van der Waals surface area (Å²) in [5, 5.41) is 7.36. The fourth-order valence-corrected chi connectivity index (χ4v) is 4.65. The highest BCUT2D eigenvalue weighted by Crippen LogP contribution is 2.37. The molecule has 0 bridgehead atoms. The minimum Gasteiger partial charge on any atom is -0.450 e. The Kier molecular flexibility index (Phi) is 5.83. The number of benzene rings is 1. The number of hydrogen-bond donors (Lipinski definition) is 1. The van der Waals surface area contributed by atoms with Crippen LogP contribution in [0, 0.1) is 0 Å². The predicted octanol–water partition coefficient (Wildman–Crippen LogP) is 5.37. The normalized spacial score (nSPS) is 14.8. The summed E-state index contributed by atoms with van der Waals surface area (Å²) < 4.78 is 63.1. The van der Waals surface area contributed by atoms with Crippen LogP contribution in [0.25, 0.3) is 16.7 Å². The number of nitrogens with one attached hydrogen (secondary N) is 1. The molecule has 196 valence electrons. The maximum atomic E-state index is 13.6. The van der Waals surface area contributed by atoms with E-state index < -0.39 is 17.9 Å². The largest absolute Gasteiger partial charge is 0.450 e. The minimum atomic E-state index is -4.55. The molecule has 1 N–H and O–H groups in total. The Bertz CT molecular complexity index is 1660. The van der Waals surface area contributed by atoms with E-state index in [1.165, 1.54) is 12.4 Å². The molecule has 1 saturated heterocycles. The van der Waals surface area contributed by atoms with Crippen LogP contribution in [0.2, 0.25) is 5.02 Å². The first kappa shape index (κ1) is 24.4. The van der Waals surface area contributed by atoms with Crippen molar-refractivity contribution < 1.29 is 22.3 Å². The number of aromatic nitrogens is 6. The van der Waals surface area contributed by atoms with Crippen molar-refractivity contribution in [3.05, 3.63) is 65.3 Å². The van der Waals surface area contributed by atoms with Crippen LogP contribution in [0.15, 0.2) is 49.2 Å². The first-order valence-electron chi connectivity index (χ1n) is 11.5. The van der Waals surface area contributed by atoms with Crippen LogP contribution >= 0.6 is 11.6 Å². The number of anilines is 2. The van der Waals surface area contributed by atoms with Gasteiger partial charge in [-0.05, 0) is 23.8 Å². The van der Waals surface area contributed by atoms with Gasteiger partial charge >= 0.3 is 6.18 Å². The summed E-state index contributed by atoms with van der Waals surface area (Å²) in [7, 11) is 1.66. The minimum absolute atomic E-state index is 0.178. The van der Waals surface area contributed by atoms with Gasteiger partial charge in [0, 0.05) is 44.8 Å². The Balaban J connectivity index is 1.32. The number of fused-ring (bicyclic) bond motifs is 2. The van der Waals surface area contributed by atoms with Gasteiger partial charge in [-0.2, -0.15) is 23.3 Å². The summed E-state index contributed by atoms with van der Waals surface area (Å²) in [6.45, 7) is 0.600. The molecule has 0 unspecified atom stereocenters. The molecule has 1 aromatic carbocycles. The van der Waals surface area contributed by atoms with Crippen molar-refractivity contribution in [2.24, 2.45) is 7.05 Å². The van der Waals surface area contributed by atoms with Crippen molar-refractivity contribution in [1.82, 2.24) is 34.0 Å². The van der Waals surface area contributed by atoms with Crippen LogP contribution in [0.5, 0.6) is 11.5 Å². The molecule has 14 heteroatoms. The second kappa shape index (κ2) is 9.10. The first-order chi connectivity index (χ1) is 18.2. The maximum Gasteiger partial charge on any atom is 0.416 e. The van der Waals surface area contributed by atoms with E-state index in [4.69, 9.17) is 16.3 Å². The molecule has 4 aromatic heterocycles. The summed E-state index contributed by atoms with van der Waals surface area (Å²) in [4.78, 5) is 14.5. The monoisotopic (exact) mass is 546 g/mol. The Morgan fingerprint density at radius 3 is 2.71 bits per heavy atom. The summed E-state index contributed by atoms with van der Waals surface area (Å²) in [6.07, 6.45) is 2.28. The number of hydrogen-bond acceptors (Lipinski definition) is 7. The number of likely N-dealkylation sites (tertiary alicyclic amines) is 1. The van der Waals surface area contributed by atoms with Gasteiger partial charge in [-0.15, -0.1) is 0 Å². The molecular weight excluding hydrogens is 528 g/mol. The number of rotatable bonds is 6. The average molecular weight is 547 g/mol. The van der Waals surface area contributed by atoms with Gasteiger partial charge in [0.15, 0.2) is 17.1 Å². The Morgan fingerprint density at radius 1 is 1.13 bits per heavy atom. The zero-order valence-electron chi connectivity index (χ0n) is 19.7. The lowest BCUT2D eigenvalue weighted by atomic mass is 10.1. The number of pyridine rings is 1. The van der Waals surface area contributed by atoms with E-state index in [1.807, 2.05) is 0 Å². The van der Waals surface area contributed by atoms with Gasteiger partial charge in [-0.1, -0.05) is 11.6 Å². The lowest BCUT2D eigenvalue weighted by molar-refractivity contribution is -0.137. The van der Waals surface area contributed by atoms with Crippen molar-refractivity contribution in [2.75, 3.05) is 18.4 Å². The summed E-state index contributed by atoms with van der Waals surface area (Å²) in [5.74, 6) is 0.888. The average Bonchev–Trinajstić information content (AvgIpc) is 3.40. The molecule has 1 aliphatic heterocycles. The number of imidazole rings is 1. The molecule has 6 rings (SSSR count). The van der Waals surface area contributed by atoms with Crippen LogP contribution in [0.3, 0.4) is 0 Å². The van der Waals surface area contributed by atoms with Crippen molar-refractivity contribution in [2.45, 2.75) is 18.9 Å². The summed E-state index contributed by atoms with van der Waals surface area (Å²) in [6, 6.07) is 3.66. The van der Waals surface area contributed by atoms with Crippen molar-refractivity contribution in [3.63, 3.8) is 0 Å². The van der Waals surface area contributed by atoms with Crippen LogP contribution in [0.4, 0.5) is 29.2 Å². The standard InChI is InChI=1S/C24H19ClF4N8O/c1-35-21-20(25)19(38-18-9-32-37-3-2-30-7-17(18)37)8-31-22(21)34-23(35)33-16-5-13(10-36-11-15(26)12-36)4-14(6-16)24(27,28)29/h2-9,15H,10-12H2,1H3,(H,31,33,34). The zero-order valence-corrected chi connectivity index (χ0v) is 20.5. The third-order valence-electron chi connectivity index (χ3n) is 6.21. The van der Waals surface area contributed by atoms with E-state index in [2.05, 4.69) is 25.4 Å². The number of alkyl halides is 4. The van der Waals surface area contributed by atoms with Crippen LogP contribution in [-0.2, 0) is 19.8 Å². The molecule has 1 aliphatic rings. The molecule has 0 radical (unpaired) electrons. The fourth-order valence-electron chi connectivity index (χ4n) is 4.35. The van der Waals surface area contributed by atoms with Crippen LogP contribution < -0.4 is 10.1 Å². The lowest BCUT2D eigenvalue weighted by Gasteiger charge is -2.34. The van der Waals surface area contributed by atoms with Crippen molar-refractivity contribution in [3.8, 4) is 11.5 Å². The molecule has 38 heavy (non-hydrogen) atoms. The quantitative estimate of drug-likeness (QED) is 0.286. The van der Waals surface area contributed by atoms with E-state index >= 15 is 0 Å². The Hall–Kier alpha value is -3.97. The van der Waals surface area contributed by atoms with Gasteiger partial charge in [0.25, 0.3) is 0 Å². The van der Waals surface area contributed by atoms with E-state index in [0.29, 0.717) is 22.3 Å². The number of halogens is 5. The van der Waals surface area contributed by atoms with Gasteiger partial charge in [0.05, 0.1) is 24.2 Å². The highest BCUT2D eigenvalue weighted by Gasteiger charge is 2.32. The van der Waals surface area contributed by atoms with E-state index in [-0.39, 0.29) is 47.7 Å². The molecule has 0 saturated carbocycles. The fraction of sp³-hybridized carbons (Fsp3) is 0.250. The lowest BCUT2D eigenvalue weighted by Crippen LogP contribution is -2.47. The van der Waals surface area contributed by atoms with Gasteiger partial charge < -0.3 is 14.6 Å². The molecule has 0 aliphatic carbocycles. The third kappa shape index (κ3) is 4.47. The molecule has 0 spiro atoms. The number of ether oxygens (including phenoxy) is 1. The van der Waals surface area contributed by atoms with E-state index in [1.54, 1.807) is 45.7 Å². The first-order valence-corrected chi connectivity index (χ1v) is 11.8. The van der Waals surface area contributed by atoms with E-state index in [9.17, 15) is 17.6 Å². The topological polar surface area (TPSA) is 85.4 Å². The third-order valence-corrected chi connectivity index (χ3v) is 6.57.